The second-order valence-electron chi connectivity index (χ2n) is 6.03. The summed E-state index contributed by atoms with van der Waals surface area (Å²) in [7, 11) is 1.35. The Balaban J connectivity index is 1.83. The van der Waals surface area contributed by atoms with Crippen molar-refractivity contribution in [1.29, 1.82) is 0 Å². The Kier molecular flexibility index (Phi) is 6.80. The molecule has 0 aromatic carbocycles. The number of carbonyl (C=O) groups is 1. The third-order valence-electron chi connectivity index (χ3n) is 4.06. The van der Waals surface area contributed by atoms with Crippen molar-refractivity contribution in [2.24, 2.45) is 0 Å². The molecule has 1 saturated heterocycles. The molecule has 1 aliphatic rings. The smallest absolute Gasteiger partial charge is 0.316 e. The average Bonchev–Trinajstić information content (AvgIpc) is 2.99. The van der Waals surface area contributed by atoms with Crippen molar-refractivity contribution in [2.75, 3.05) is 42.7 Å². The van der Waals surface area contributed by atoms with Crippen molar-refractivity contribution in [3.05, 3.63) is 6.33 Å². The summed E-state index contributed by atoms with van der Waals surface area (Å²) in [5.74, 6) is 1.39. The van der Waals surface area contributed by atoms with Crippen LogP contribution in [0.5, 0.6) is 0 Å². The number of hydrogen-bond donors (Lipinski definition) is 1. The van der Waals surface area contributed by atoms with Gasteiger partial charge in [-0.05, 0) is 19.8 Å². The molecule has 0 radical (unpaired) electrons. The molecule has 0 unspecified atom stereocenters. The van der Waals surface area contributed by atoms with Crippen molar-refractivity contribution in [3.8, 4) is 5.95 Å². The highest BCUT2D eigenvalue weighted by atomic mass is 32.2. The van der Waals surface area contributed by atoms with Gasteiger partial charge in [-0.1, -0.05) is 24.6 Å². The fraction of sp³-hybridized carbons (Fsp3) is 0.625. The zero-order valence-electron chi connectivity index (χ0n) is 15.6. The van der Waals surface area contributed by atoms with Gasteiger partial charge in [0.2, 0.25) is 17.1 Å². The first-order chi connectivity index (χ1) is 13.2. The van der Waals surface area contributed by atoms with Crippen molar-refractivity contribution < 1.29 is 9.53 Å². The predicted octanol–water partition coefficient (Wildman–Crippen LogP) is 1.53. The van der Waals surface area contributed by atoms with Crippen LogP contribution in [0.3, 0.4) is 0 Å². The molecule has 0 atom stereocenters. The van der Waals surface area contributed by atoms with E-state index in [0.717, 1.165) is 25.9 Å². The Bertz CT molecular complexity index is 761. The van der Waals surface area contributed by atoms with Crippen LogP contribution >= 0.6 is 11.8 Å². The Morgan fingerprint density at radius 2 is 1.93 bits per heavy atom. The molecule has 0 bridgehead atoms. The Hall–Kier alpha value is -2.43. The molecule has 10 nitrogen and oxygen atoms in total. The van der Waals surface area contributed by atoms with Gasteiger partial charge < -0.3 is 15.0 Å². The summed E-state index contributed by atoms with van der Waals surface area (Å²) in [5.41, 5.74) is 0. The van der Waals surface area contributed by atoms with Crippen LogP contribution in [0.2, 0.25) is 0 Å². The molecule has 1 fully saturated rings. The normalized spacial score (nSPS) is 14.7. The van der Waals surface area contributed by atoms with Crippen LogP contribution in [-0.2, 0) is 9.53 Å². The molecule has 0 amide bonds. The third kappa shape index (κ3) is 5.28. The second kappa shape index (κ2) is 9.49. The number of methoxy groups -OCH3 is 1. The number of nitrogens with one attached hydrogen (secondary N) is 1. The van der Waals surface area contributed by atoms with Gasteiger partial charge in [-0.15, -0.1) is 5.10 Å². The molecule has 3 rings (SSSR count). The topological polar surface area (TPSA) is 111 Å². The molecule has 11 heteroatoms. The lowest BCUT2D eigenvalue weighted by Gasteiger charge is -2.20. The largest absolute Gasteiger partial charge is 0.468 e. The van der Waals surface area contributed by atoms with E-state index in [1.165, 1.54) is 42.7 Å². The van der Waals surface area contributed by atoms with Gasteiger partial charge in [0.1, 0.15) is 6.33 Å². The standard InChI is InChI=1S/C16H24N8O2S/c1-3-17-13-19-14(23-8-6-4-5-7-9-23)21-15(20-13)24-11-18-16(22-24)27-10-12(25)26-2/h11H,3-10H2,1-2H3,(H,17,19,20,21). The molecule has 146 valence electrons. The third-order valence-corrected chi connectivity index (χ3v) is 4.88. The van der Waals surface area contributed by atoms with Crippen LogP contribution in [0, 0.1) is 0 Å². The summed E-state index contributed by atoms with van der Waals surface area (Å²) in [4.78, 5) is 31.3. The maximum absolute atomic E-state index is 11.3. The number of rotatable bonds is 7. The number of anilines is 2. The van der Waals surface area contributed by atoms with E-state index in [-0.39, 0.29) is 11.7 Å². The zero-order valence-corrected chi connectivity index (χ0v) is 16.4. The number of ether oxygens (including phenoxy) is 1. The Labute approximate surface area is 162 Å². The van der Waals surface area contributed by atoms with E-state index < -0.39 is 0 Å². The fourth-order valence-corrected chi connectivity index (χ4v) is 3.33. The van der Waals surface area contributed by atoms with Crippen molar-refractivity contribution >= 4 is 29.6 Å². The molecule has 1 N–H and O–H groups in total. The van der Waals surface area contributed by atoms with E-state index in [9.17, 15) is 4.79 Å². The first-order valence-electron chi connectivity index (χ1n) is 9.06. The Morgan fingerprint density at radius 1 is 1.19 bits per heavy atom. The molecule has 0 saturated carbocycles. The Morgan fingerprint density at radius 3 is 2.63 bits per heavy atom. The minimum absolute atomic E-state index is 0.152. The quantitative estimate of drug-likeness (QED) is 0.550. The van der Waals surface area contributed by atoms with E-state index in [4.69, 9.17) is 0 Å². The number of carbonyl (C=O) groups excluding carboxylic acids is 1. The van der Waals surface area contributed by atoms with Gasteiger partial charge >= 0.3 is 5.97 Å². The van der Waals surface area contributed by atoms with Gasteiger partial charge in [0.25, 0.3) is 5.95 Å². The highest BCUT2D eigenvalue weighted by Gasteiger charge is 2.17. The molecule has 1 aliphatic heterocycles. The number of hydrogen-bond acceptors (Lipinski definition) is 10. The van der Waals surface area contributed by atoms with Crippen LogP contribution in [0.4, 0.5) is 11.9 Å². The van der Waals surface area contributed by atoms with Gasteiger partial charge in [-0.3, -0.25) is 4.79 Å². The molecule has 0 spiro atoms. The van der Waals surface area contributed by atoms with Crippen molar-refractivity contribution in [3.63, 3.8) is 0 Å². The maximum Gasteiger partial charge on any atom is 0.316 e. The summed E-state index contributed by atoms with van der Waals surface area (Å²) in [6.45, 7) is 4.58. The SMILES string of the molecule is CCNc1nc(N2CCCCCC2)nc(-n2cnc(SCC(=O)OC)n2)n1. The van der Waals surface area contributed by atoms with Gasteiger partial charge in [0.05, 0.1) is 12.9 Å². The van der Waals surface area contributed by atoms with Crippen LogP contribution in [-0.4, -0.2) is 68.2 Å². The first kappa shape index (κ1) is 19.3. The number of esters is 1. The van der Waals surface area contributed by atoms with Gasteiger partial charge in [-0.25, -0.2) is 4.98 Å². The minimum Gasteiger partial charge on any atom is -0.468 e. The predicted molar refractivity (Wildman–Crippen MR) is 102 cm³/mol. The van der Waals surface area contributed by atoms with Gasteiger partial charge in [-0.2, -0.15) is 19.6 Å². The van der Waals surface area contributed by atoms with Crippen LogP contribution in [0.25, 0.3) is 5.95 Å². The van der Waals surface area contributed by atoms with E-state index >= 15 is 0 Å². The van der Waals surface area contributed by atoms with Crippen molar-refractivity contribution in [2.45, 2.75) is 37.8 Å². The molecule has 27 heavy (non-hydrogen) atoms. The minimum atomic E-state index is -0.325. The summed E-state index contributed by atoms with van der Waals surface area (Å²) < 4.78 is 6.13. The molecular formula is C16H24N8O2S. The lowest BCUT2D eigenvalue weighted by atomic mass is 10.2. The van der Waals surface area contributed by atoms with Crippen LogP contribution in [0.15, 0.2) is 11.5 Å². The number of thioether (sulfide) groups is 1. The first-order valence-corrected chi connectivity index (χ1v) is 10.0. The zero-order chi connectivity index (χ0) is 19.1. The van der Waals surface area contributed by atoms with Crippen molar-refractivity contribution in [1.82, 2.24) is 29.7 Å². The summed E-state index contributed by atoms with van der Waals surface area (Å²) >= 11 is 1.20. The van der Waals surface area contributed by atoms with Crippen LogP contribution in [0.1, 0.15) is 32.6 Å². The highest BCUT2D eigenvalue weighted by Crippen LogP contribution is 2.19. The monoisotopic (exact) mass is 392 g/mol. The second-order valence-corrected chi connectivity index (χ2v) is 6.97. The van der Waals surface area contributed by atoms with E-state index in [0.29, 0.717) is 29.5 Å². The summed E-state index contributed by atoms with van der Waals surface area (Å²) in [5, 5.41) is 7.97. The van der Waals surface area contributed by atoms with E-state index in [2.05, 4.69) is 40.0 Å². The fourth-order valence-electron chi connectivity index (χ4n) is 2.70. The molecule has 0 aliphatic carbocycles. The molecular weight excluding hydrogens is 368 g/mol. The van der Waals surface area contributed by atoms with Crippen LogP contribution < -0.4 is 10.2 Å². The summed E-state index contributed by atoms with van der Waals surface area (Å²) in [6.07, 6.45) is 6.28. The summed E-state index contributed by atoms with van der Waals surface area (Å²) in [6, 6.07) is 0. The van der Waals surface area contributed by atoms with E-state index in [1.54, 1.807) is 0 Å². The average molecular weight is 392 g/mol. The lowest BCUT2D eigenvalue weighted by molar-refractivity contribution is -0.137. The highest BCUT2D eigenvalue weighted by molar-refractivity contribution is 7.99. The molecule has 2 aromatic heterocycles. The number of aromatic nitrogens is 6. The molecule has 3 heterocycles. The number of nitrogens with zero attached hydrogens (tertiary/aromatic N) is 7. The van der Waals surface area contributed by atoms with Gasteiger partial charge in [0.15, 0.2) is 0 Å². The van der Waals surface area contributed by atoms with E-state index in [1.807, 2.05) is 6.92 Å². The molecule has 2 aromatic rings. The van der Waals surface area contributed by atoms with Gasteiger partial charge in [0, 0.05) is 19.6 Å². The lowest BCUT2D eigenvalue weighted by Crippen LogP contribution is -2.27. The maximum atomic E-state index is 11.3.